The molecule has 1 heterocycles. The Kier molecular flexibility index (Phi) is 6.16. The number of nitriles is 1. The summed E-state index contributed by atoms with van der Waals surface area (Å²) < 4.78 is 39.8. The molecule has 1 unspecified atom stereocenters. The van der Waals surface area contributed by atoms with Crippen LogP contribution in [0.1, 0.15) is 24.5 Å². The lowest BCUT2D eigenvalue weighted by molar-refractivity contribution is -0.137. The van der Waals surface area contributed by atoms with Gasteiger partial charge in [0, 0.05) is 12.5 Å². The molecular weight excluding hydrogens is 413 g/mol. The first-order chi connectivity index (χ1) is 13.0. The van der Waals surface area contributed by atoms with E-state index < -0.39 is 23.1 Å². The number of amidine groups is 1. The summed E-state index contributed by atoms with van der Waals surface area (Å²) in [5.74, 6) is -0.271. The molecule has 0 aromatic heterocycles. The summed E-state index contributed by atoms with van der Waals surface area (Å²) in [5.41, 5.74) is 3.55. The Balaban J connectivity index is 2.84. The van der Waals surface area contributed by atoms with E-state index in [0.717, 1.165) is 23.9 Å². The van der Waals surface area contributed by atoms with E-state index in [2.05, 4.69) is 16.9 Å². The molecule has 1 aliphatic rings. The zero-order valence-corrected chi connectivity index (χ0v) is 16.5. The van der Waals surface area contributed by atoms with Crippen LogP contribution >= 0.6 is 23.4 Å². The second kappa shape index (κ2) is 7.89. The van der Waals surface area contributed by atoms with Gasteiger partial charge in [-0.3, -0.25) is 9.79 Å². The van der Waals surface area contributed by atoms with Crippen LogP contribution in [0.15, 0.2) is 40.4 Å². The Morgan fingerprint density at radius 1 is 1.54 bits per heavy atom. The maximum Gasteiger partial charge on any atom is 0.416 e. The maximum atomic E-state index is 13.3. The third-order valence-corrected chi connectivity index (χ3v) is 5.29. The van der Waals surface area contributed by atoms with Crippen molar-refractivity contribution in [2.75, 3.05) is 11.6 Å². The first kappa shape index (κ1) is 21.9. The van der Waals surface area contributed by atoms with Crippen LogP contribution in [0.4, 0.5) is 18.9 Å². The van der Waals surface area contributed by atoms with Gasteiger partial charge in [-0.2, -0.15) is 18.4 Å². The van der Waals surface area contributed by atoms with Crippen molar-refractivity contribution in [3.8, 4) is 6.07 Å². The highest BCUT2D eigenvalue weighted by Gasteiger charge is 2.40. The Hall–Kier alpha value is -2.44. The van der Waals surface area contributed by atoms with E-state index in [1.165, 1.54) is 13.0 Å². The molecule has 0 radical (unpaired) electrons. The normalized spacial score (nSPS) is 19.5. The Bertz CT molecular complexity index is 949. The number of carbonyl (C=O) groups excluding carboxylic acids is 1. The van der Waals surface area contributed by atoms with Crippen molar-refractivity contribution in [3.63, 3.8) is 0 Å². The topological polar surface area (TPSA) is 91.3 Å². The lowest BCUT2D eigenvalue weighted by Crippen LogP contribution is -2.34. The Labute approximate surface area is 169 Å². The number of aliphatic imine (C=N–C) groups is 1. The molecule has 1 aromatic rings. The van der Waals surface area contributed by atoms with Crippen molar-refractivity contribution in [2.45, 2.75) is 25.1 Å². The fraction of sp³-hybridized carbons (Fsp3) is 0.278. The van der Waals surface area contributed by atoms with Crippen LogP contribution in [0.25, 0.3) is 0 Å². The number of nitrogens with two attached hydrogens (primary N) is 1. The van der Waals surface area contributed by atoms with Crippen LogP contribution in [0.2, 0.25) is 5.02 Å². The minimum absolute atomic E-state index is 0.0643. The summed E-state index contributed by atoms with van der Waals surface area (Å²) in [4.78, 5) is 16.4. The predicted molar refractivity (Wildman–Crippen MR) is 105 cm³/mol. The molecule has 0 saturated heterocycles. The number of Topliss-reactive ketones (excluding diaryl/α,β-unsaturated/α-hetero) is 1. The number of hydrogen-bond acceptors (Lipinski definition) is 6. The molecule has 0 amide bonds. The fourth-order valence-corrected chi connectivity index (χ4v) is 3.65. The van der Waals surface area contributed by atoms with Gasteiger partial charge in [0.2, 0.25) is 0 Å². The molecule has 1 aromatic carbocycles. The van der Waals surface area contributed by atoms with Crippen LogP contribution in [-0.2, 0) is 16.5 Å². The number of fused-ring (bicyclic) bond motifs is 1. The predicted octanol–water partition coefficient (Wildman–Crippen LogP) is 4.60. The molecule has 1 aliphatic heterocycles. The molecular formula is C18H16ClF3N4OS. The van der Waals surface area contributed by atoms with Crippen LogP contribution < -0.4 is 11.1 Å². The van der Waals surface area contributed by atoms with Gasteiger partial charge in [0.1, 0.15) is 11.4 Å². The maximum absolute atomic E-state index is 13.3. The molecule has 3 N–H and O–H groups in total. The number of anilines is 1. The molecule has 0 aliphatic carbocycles. The molecule has 10 heteroatoms. The summed E-state index contributed by atoms with van der Waals surface area (Å²) in [6, 6.07) is 3.60. The molecule has 1 atom stereocenters. The molecule has 0 bridgehead atoms. The number of nitrogens with one attached hydrogen (secondary N) is 1. The number of benzene rings is 1. The summed E-state index contributed by atoms with van der Waals surface area (Å²) >= 11 is 7.27. The van der Waals surface area contributed by atoms with E-state index in [-0.39, 0.29) is 34.2 Å². The average Bonchev–Trinajstić information content (AvgIpc) is 2.62. The van der Waals surface area contributed by atoms with Gasteiger partial charge in [-0.1, -0.05) is 17.7 Å². The smallest absolute Gasteiger partial charge is 0.395 e. The number of thioether (sulfide) groups is 1. The summed E-state index contributed by atoms with van der Waals surface area (Å²) in [6.07, 6.45) is -1.97. The van der Waals surface area contributed by atoms with Gasteiger partial charge in [-0.05, 0) is 18.4 Å². The molecule has 2 rings (SSSR count). The van der Waals surface area contributed by atoms with Crippen LogP contribution in [-0.4, -0.2) is 17.9 Å². The van der Waals surface area contributed by atoms with E-state index in [4.69, 9.17) is 17.3 Å². The third kappa shape index (κ3) is 3.88. The van der Waals surface area contributed by atoms with E-state index in [0.29, 0.717) is 4.91 Å². The molecule has 5 nitrogen and oxygen atoms in total. The van der Waals surface area contributed by atoms with Crippen molar-refractivity contribution in [3.05, 3.63) is 51.5 Å². The van der Waals surface area contributed by atoms with Gasteiger partial charge in [-0.25, -0.2) is 0 Å². The van der Waals surface area contributed by atoms with Crippen LogP contribution in [0.5, 0.6) is 0 Å². The number of carbonyl (C=O) groups is 1. The number of halogens is 4. The van der Waals surface area contributed by atoms with Gasteiger partial charge in [-0.15, -0.1) is 18.3 Å². The van der Waals surface area contributed by atoms with Crippen molar-refractivity contribution < 1.29 is 18.0 Å². The first-order valence-corrected chi connectivity index (χ1v) is 9.44. The standard InChI is InChI=1S/C18H16ClF3N4OS/c1-4-17(5-6-23)11-7-10(18(20,21)22)8-12(19)14(11)25-16(26-17)15(28-3)13(24)9(2)27/h4,7-8H,1,5,24H2,2-3H3,(H,25,26). The van der Waals surface area contributed by atoms with E-state index >= 15 is 0 Å². The average molecular weight is 429 g/mol. The first-order valence-electron chi connectivity index (χ1n) is 7.84. The lowest BCUT2D eigenvalue weighted by Gasteiger charge is -2.34. The largest absolute Gasteiger partial charge is 0.416 e. The van der Waals surface area contributed by atoms with Crippen molar-refractivity contribution in [1.29, 1.82) is 5.26 Å². The van der Waals surface area contributed by atoms with E-state index in [9.17, 15) is 23.2 Å². The minimum atomic E-state index is -4.63. The van der Waals surface area contributed by atoms with Crippen molar-refractivity contribution in [2.24, 2.45) is 10.7 Å². The van der Waals surface area contributed by atoms with Crippen molar-refractivity contribution in [1.82, 2.24) is 0 Å². The molecule has 0 saturated carbocycles. The summed E-state index contributed by atoms with van der Waals surface area (Å²) in [5, 5.41) is 11.9. The summed E-state index contributed by atoms with van der Waals surface area (Å²) in [6.45, 7) is 4.94. The lowest BCUT2D eigenvalue weighted by atomic mass is 9.84. The number of rotatable bonds is 5. The Morgan fingerprint density at radius 2 is 2.18 bits per heavy atom. The van der Waals surface area contributed by atoms with E-state index in [1.54, 1.807) is 6.26 Å². The number of hydrogen-bond donors (Lipinski definition) is 2. The molecule has 28 heavy (non-hydrogen) atoms. The molecule has 0 fully saturated rings. The Morgan fingerprint density at radius 3 is 2.64 bits per heavy atom. The van der Waals surface area contributed by atoms with Gasteiger partial charge in [0.25, 0.3) is 0 Å². The summed E-state index contributed by atoms with van der Waals surface area (Å²) in [7, 11) is 0. The quantitative estimate of drug-likeness (QED) is 0.528. The second-order valence-electron chi connectivity index (χ2n) is 5.93. The van der Waals surface area contributed by atoms with Crippen LogP contribution in [0.3, 0.4) is 0 Å². The monoisotopic (exact) mass is 428 g/mol. The highest BCUT2D eigenvalue weighted by Crippen LogP contribution is 2.46. The minimum Gasteiger partial charge on any atom is -0.395 e. The highest BCUT2D eigenvalue weighted by atomic mass is 35.5. The SMILES string of the molecule is C=CC1(CC#N)N=C(C(SC)=C(N)C(C)=O)Nc2c(Cl)cc(C(F)(F)F)cc21. The fourth-order valence-electron chi connectivity index (χ4n) is 2.73. The van der Waals surface area contributed by atoms with Gasteiger partial charge in [0.15, 0.2) is 5.78 Å². The van der Waals surface area contributed by atoms with Crippen molar-refractivity contribution >= 4 is 40.7 Å². The molecule has 148 valence electrons. The zero-order valence-electron chi connectivity index (χ0n) is 14.9. The zero-order chi connectivity index (χ0) is 21.3. The number of ketones is 1. The van der Waals surface area contributed by atoms with Gasteiger partial charge < -0.3 is 11.1 Å². The number of alkyl halides is 3. The highest BCUT2D eigenvalue weighted by molar-refractivity contribution is 8.03. The van der Waals surface area contributed by atoms with Gasteiger partial charge >= 0.3 is 6.18 Å². The number of nitrogens with zero attached hydrogens (tertiary/aromatic N) is 2. The van der Waals surface area contributed by atoms with Gasteiger partial charge in [0.05, 0.1) is 39.4 Å². The van der Waals surface area contributed by atoms with Crippen LogP contribution in [0, 0.1) is 11.3 Å². The second-order valence-corrected chi connectivity index (χ2v) is 7.15. The molecule has 0 spiro atoms. The van der Waals surface area contributed by atoms with E-state index in [1.807, 2.05) is 6.07 Å². The third-order valence-electron chi connectivity index (χ3n) is 4.17. The number of allylic oxidation sites excluding steroid dienone is 1.